The summed E-state index contributed by atoms with van der Waals surface area (Å²) in [6.45, 7) is 4.95. The zero-order valence-electron chi connectivity index (χ0n) is 11.1. The number of ether oxygens (including phenoxy) is 1. The highest BCUT2D eigenvalue weighted by Gasteiger charge is 2.30. The van der Waals surface area contributed by atoms with E-state index in [1.807, 2.05) is 0 Å². The van der Waals surface area contributed by atoms with Gasteiger partial charge in [-0.2, -0.15) is 0 Å². The topological polar surface area (TPSA) is 52.9 Å². The average Bonchev–Trinajstić information content (AvgIpc) is 2.72. The van der Waals surface area contributed by atoms with Crippen molar-refractivity contribution < 1.29 is 14.9 Å². The van der Waals surface area contributed by atoms with E-state index < -0.39 is 0 Å². The van der Waals surface area contributed by atoms with Gasteiger partial charge in [0.1, 0.15) is 11.5 Å². The molecule has 18 heavy (non-hydrogen) atoms. The van der Waals surface area contributed by atoms with Crippen molar-refractivity contribution in [1.82, 2.24) is 4.90 Å². The van der Waals surface area contributed by atoms with Crippen LogP contribution in [0.1, 0.15) is 31.9 Å². The van der Waals surface area contributed by atoms with Gasteiger partial charge in [0, 0.05) is 24.8 Å². The number of hydrogen-bond donors (Lipinski definition) is 2. The molecule has 0 radical (unpaired) electrons. The largest absolute Gasteiger partial charge is 0.508 e. The first-order valence-corrected chi connectivity index (χ1v) is 6.35. The highest BCUT2D eigenvalue weighted by Crippen LogP contribution is 2.31. The van der Waals surface area contributed by atoms with Crippen molar-refractivity contribution in [2.75, 3.05) is 13.7 Å². The SMILES string of the molecule is CC1OCCC1N(C)C(C)c1cc(O)cc(O)c1. The highest BCUT2D eigenvalue weighted by molar-refractivity contribution is 5.38. The minimum Gasteiger partial charge on any atom is -0.508 e. The molecule has 0 bridgehead atoms. The Labute approximate surface area is 108 Å². The van der Waals surface area contributed by atoms with Crippen LogP contribution in [0.15, 0.2) is 18.2 Å². The molecule has 1 heterocycles. The van der Waals surface area contributed by atoms with E-state index in [4.69, 9.17) is 4.74 Å². The predicted octanol–water partition coefficient (Wildman–Crippen LogP) is 2.27. The van der Waals surface area contributed by atoms with Crippen LogP contribution in [-0.4, -0.2) is 40.9 Å². The van der Waals surface area contributed by atoms with E-state index >= 15 is 0 Å². The smallest absolute Gasteiger partial charge is 0.119 e. The lowest BCUT2D eigenvalue weighted by molar-refractivity contribution is 0.0703. The monoisotopic (exact) mass is 251 g/mol. The quantitative estimate of drug-likeness (QED) is 0.865. The van der Waals surface area contributed by atoms with Gasteiger partial charge in [0.2, 0.25) is 0 Å². The van der Waals surface area contributed by atoms with Crippen LogP contribution in [0.3, 0.4) is 0 Å². The Balaban J connectivity index is 2.16. The van der Waals surface area contributed by atoms with Gasteiger partial charge in [-0.05, 0) is 45.0 Å². The van der Waals surface area contributed by atoms with Crippen molar-refractivity contribution >= 4 is 0 Å². The van der Waals surface area contributed by atoms with Crippen molar-refractivity contribution in [3.63, 3.8) is 0 Å². The summed E-state index contributed by atoms with van der Waals surface area (Å²) in [6, 6.07) is 5.24. The van der Waals surface area contributed by atoms with Gasteiger partial charge in [-0.25, -0.2) is 0 Å². The van der Waals surface area contributed by atoms with Gasteiger partial charge in [0.15, 0.2) is 0 Å². The Bertz CT molecular complexity index is 401. The number of benzene rings is 1. The second kappa shape index (κ2) is 5.16. The van der Waals surface area contributed by atoms with E-state index in [1.54, 1.807) is 12.1 Å². The predicted molar refractivity (Wildman–Crippen MR) is 69.8 cm³/mol. The van der Waals surface area contributed by atoms with Crippen LogP contribution in [0.5, 0.6) is 11.5 Å². The lowest BCUT2D eigenvalue weighted by Crippen LogP contribution is -2.38. The summed E-state index contributed by atoms with van der Waals surface area (Å²) in [7, 11) is 2.06. The van der Waals surface area contributed by atoms with Crippen molar-refractivity contribution in [3.05, 3.63) is 23.8 Å². The molecule has 3 unspecified atom stereocenters. The lowest BCUT2D eigenvalue weighted by atomic mass is 10.0. The van der Waals surface area contributed by atoms with Crippen LogP contribution in [0, 0.1) is 0 Å². The van der Waals surface area contributed by atoms with Crippen LogP contribution >= 0.6 is 0 Å². The van der Waals surface area contributed by atoms with E-state index in [9.17, 15) is 10.2 Å². The van der Waals surface area contributed by atoms with Crippen LogP contribution in [0.2, 0.25) is 0 Å². The van der Waals surface area contributed by atoms with E-state index in [0.717, 1.165) is 18.6 Å². The molecular weight excluding hydrogens is 230 g/mol. The molecule has 2 N–H and O–H groups in total. The summed E-state index contributed by atoms with van der Waals surface area (Å²) in [5.41, 5.74) is 0.911. The fourth-order valence-corrected chi connectivity index (χ4v) is 2.64. The average molecular weight is 251 g/mol. The van der Waals surface area contributed by atoms with E-state index in [2.05, 4.69) is 25.8 Å². The minimum atomic E-state index is 0.0981. The Morgan fingerprint density at radius 1 is 1.28 bits per heavy atom. The first-order chi connectivity index (χ1) is 8.49. The zero-order valence-corrected chi connectivity index (χ0v) is 11.1. The van der Waals surface area contributed by atoms with Crippen molar-refractivity contribution in [2.24, 2.45) is 0 Å². The standard InChI is InChI=1S/C14H21NO3/c1-9(11-6-12(16)8-13(17)7-11)15(3)14-4-5-18-10(14)2/h6-10,14,16-17H,4-5H2,1-3H3. The maximum absolute atomic E-state index is 9.54. The Hall–Kier alpha value is -1.26. The van der Waals surface area contributed by atoms with Crippen LogP contribution in [0.25, 0.3) is 0 Å². The molecule has 4 heteroatoms. The fraction of sp³-hybridized carbons (Fsp3) is 0.571. The molecule has 1 saturated heterocycles. The lowest BCUT2D eigenvalue weighted by Gasteiger charge is -2.32. The molecule has 1 aliphatic rings. The molecule has 1 aliphatic heterocycles. The Kier molecular flexibility index (Phi) is 3.78. The van der Waals surface area contributed by atoms with Gasteiger partial charge in [-0.15, -0.1) is 0 Å². The van der Waals surface area contributed by atoms with E-state index in [1.165, 1.54) is 6.07 Å². The first kappa shape index (κ1) is 13.2. The first-order valence-electron chi connectivity index (χ1n) is 6.35. The molecular formula is C14H21NO3. The van der Waals surface area contributed by atoms with Gasteiger partial charge < -0.3 is 14.9 Å². The number of hydrogen-bond acceptors (Lipinski definition) is 4. The summed E-state index contributed by atoms with van der Waals surface area (Å²) in [4.78, 5) is 2.24. The normalized spacial score (nSPS) is 25.6. The molecule has 0 aromatic heterocycles. The van der Waals surface area contributed by atoms with Crippen LogP contribution < -0.4 is 0 Å². The van der Waals surface area contributed by atoms with Crippen molar-refractivity contribution in [3.8, 4) is 11.5 Å². The number of likely N-dealkylation sites (N-methyl/N-ethyl adjacent to an activating group) is 1. The highest BCUT2D eigenvalue weighted by atomic mass is 16.5. The molecule has 1 fully saturated rings. The zero-order chi connectivity index (χ0) is 13.3. The summed E-state index contributed by atoms with van der Waals surface area (Å²) in [5, 5.41) is 19.1. The molecule has 0 amide bonds. The third-order valence-corrected chi connectivity index (χ3v) is 3.88. The summed E-state index contributed by atoms with van der Waals surface area (Å²) in [5.74, 6) is 0.196. The van der Waals surface area contributed by atoms with Crippen LogP contribution in [0.4, 0.5) is 0 Å². The molecule has 4 nitrogen and oxygen atoms in total. The van der Waals surface area contributed by atoms with Gasteiger partial charge in [-0.3, -0.25) is 4.90 Å². The number of nitrogens with zero attached hydrogens (tertiary/aromatic N) is 1. The maximum atomic E-state index is 9.54. The maximum Gasteiger partial charge on any atom is 0.119 e. The molecule has 0 saturated carbocycles. The molecule has 1 aromatic rings. The van der Waals surface area contributed by atoms with Gasteiger partial charge >= 0.3 is 0 Å². The van der Waals surface area contributed by atoms with Crippen molar-refractivity contribution in [1.29, 1.82) is 0 Å². The van der Waals surface area contributed by atoms with Gasteiger partial charge in [0.25, 0.3) is 0 Å². The number of aromatic hydroxyl groups is 2. The molecule has 100 valence electrons. The van der Waals surface area contributed by atoms with E-state index in [0.29, 0.717) is 6.04 Å². The van der Waals surface area contributed by atoms with Crippen molar-refractivity contribution in [2.45, 2.75) is 38.5 Å². The van der Waals surface area contributed by atoms with Gasteiger partial charge in [0.05, 0.1) is 6.10 Å². The third-order valence-electron chi connectivity index (χ3n) is 3.88. The summed E-state index contributed by atoms with van der Waals surface area (Å²) >= 11 is 0. The summed E-state index contributed by atoms with van der Waals surface area (Å²) in [6.07, 6.45) is 1.25. The number of rotatable bonds is 3. The van der Waals surface area contributed by atoms with Crippen LogP contribution in [-0.2, 0) is 4.74 Å². The minimum absolute atomic E-state index is 0.0981. The molecule has 0 aliphatic carbocycles. The molecule has 1 aromatic carbocycles. The van der Waals surface area contributed by atoms with Gasteiger partial charge in [-0.1, -0.05) is 0 Å². The molecule has 0 spiro atoms. The van der Waals surface area contributed by atoms with E-state index in [-0.39, 0.29) is 23.6 Å². The second-order valence-corrected chi connectivity index (χ2v) is 5.06. The third kappa shape index (κ3) is 2.60. The Morgan fingerprint density at radius 2 is 1.89 bits per heavy atom. The molecule has 3 atom stereocenters. The second-order valence-electron chi connectivity index (χ2n) is 5.06. The Morgan fingerprint density at radius 3 is 2.39 bits per heavy atom. The molecule has 2 rings (SSSR count). The number of phenols is 2. The summed E-state index contributed by atoms with van der Waals surface area (Å²) < 4.78 is 5.58. The fourth-order valence-electron chi connectivity index (χ4n) is 2.64. The number of phenolic OH excluding ortho intramolecular Hbond substituents is 2.